The normalized spacial score (nSPS) is 21.2. The van der Waals surface area contributed by atoms with Gasteiger partial charge in [-0.2, -0.15) is 4.31 Å². The number of hydrogen-bond acceptors (Lipinski definition) is 4. The summed E-state index contributed by atoms with van der Waals surface area (Å²) in [6.45, 7) is 0.722. The second kappa shape index (κ2) is 7.22. The van der Waals surface area contributed by atoms with E-state index in [1.807, 2.05) is 24.3 Å². The Morgan fingerprint density at radius 2 is 1.79 bits per heavy atom. The van der Waals surface area contributed by atoms with Crippen LogP contribution in [0.2, 0.25) is 0 Å². The van der Waals surface area contributed by atoms with E-state index < -0.39 is 15.4 Å². The Hall–Kier alpha value is -2.38. The Labute approximate surface area is 165 Å². The highest BCUT2D eigenvalue weighted by Gasteiger charge is 2.52. The molecule has 1 atom stereocenters. The molecule has 1 amide bonds. The highest BCUT2D eigenvalue weighted by Crippen LogP contribution is 2.48. The first-order valence-corrected chi connectivity index (χ1v) is 10.9. The molecule has 1 N–H and O–H groups in total. The van der Waals surface area contributed by atoms with Gasteiger partial charge in [-0.05, 0) is 49.1 Å². The fraction of sp³-hybridized carbons (Fsp3) is 0.381. The zero-order valence-electron chi connectivity index (χ0n) is 15.8. The predicted molar refractivity (Wildman–Crippen MR) is 106 cm³/mol. The third-order valence-corrected chi connectivity index (χ3v) is 7.57. The maximum atomic E-state index is 13.0. The summed E-state index contributed by atoms with van der Waals surface area (Å²) >= 11 is 0. The van der Waals surface area contributed by atoms with E-state index in [0.29, 0.717) is 24.4 Å². The van der Waals surface area contributed by atoms with Gasteiger partial charge in [-0.1, -0.05) is 30.3 Å². The molecule has 0 radical (unpaired) electrons. The van der Waals surface area contributed by atoms with Gasteiger partial charge in [0.15, 0.2) is 0 Å². The van der Waals surface area contributed by atoms with Crippen molar-refractivity contribution in [3.05, 3.63) is 60.2 Å². The standard InChI is InChI=1S/C21H24N2O4S/c1-27-18-9-7-16(8-10-18)21(12-13-21)20(24)22-17-11-14-23(15-17)28(25,26)19-5-3-2-4-6-19/h2-10,17H,11-15H2,1H3,(H,22,24)/t17-/m1/s1. The number of benzene rings is 2. The molecule has 148 valence electrons. The molecule has 1 heterocycles. The van der Waals surface area contributed by atoms with Crippen LogP contribution in [0.4, 0.5) is 0 Å². The van der Waals surface area contributed by atoms with E-state index in [0.717, 1.165) is 24.2 Å². The van der Waals surface area contributed by atoms with E-state index in [9.17, 15) is 13.2 Å². The van der Waals surface area contributed by atoms with E-state index in [4.69, 9.17) is 4.74 Å². The van der Waals surface area contributed by atoms with E-state index >= 15 is 0 Å². The van der Waals surface area contributed by atoms with E-state index in [-0.39, 0.29) is 11.9 Å². The predicted octanol–water partition coefficient (Wildman–Crippen LogP) is 2.31. The van der Waals surface area contributed by atoms with Gasteiger partial charge in [0, 0.05) is 19.1 Å². The highest BCUT2D eigenvalue weighted by molar-refractivity contribution is 7.89. The lowest BCUT2D eigenvalue weighted by molar-refractivity contribution is -0.124. The lowest BCUT2D eigenvalue weighted by atomic mass is 9.94. The summed E-state index contributed by atoms with van der Waals surface area (Å²) in [5.41, 5.74) is 0.496. The van der Waals surface area contributed by atoms with Gasteiger partial charge < -0.3 is 10.1 Å². The molecule has 1 aliphatic carbocycles. The third-order valence-electron chi connectivity index (χ3n) is 5.69. The summed E-state index contributed by atoms with van der Waals surface area (Å²) in [4.78, 5) is 13.2. The summed E-state index contributed by atoms with van der Waals surface area (Å²) in [6.07, 6.45) is 2.24. The Kier molecular flexibility index (Phi) is 4.89. The van der Waals surface area contributed by atoms with E-state index in [1.165, 1.54) is 4.31 Å². The Balaban J connectivity index is 1.42. The fourth-order valence-corrected chi connectivity index (χ4v) is 5.33. The number of carbonyl (C=O) groups is 1. The minimum atomic E-state index is -3.52. The fourth-order valence-electron chi connectivity index (χ4n) is 3.81. The minimum absolute atomic E-state index is 0.0124. The lowest BCUT2D eigenvalue weighted by Gasteiger charge is -2.20. The molecule has 2 aromatic rings. The first-order chi connectivity index (χ1) is 13.5. The number of hydrogen-bond donors (Lipinski definition) is 1. The van der Waals surface area contributed by atoms with Crippen molar-refractivity contribution < 1.29 is 17.9 Å². The van der Waals surface area contributed by atoms with Crippen molar-refractivity contribution in [3.8, 4) is 5.75 Å². The maximum Gasteiger partial charge on any atom is 0.243 e. The molecule has 6 nitrogen and oxygen atoms in total. The molecule has 28 heavy (non-hydrogen) atoms. The molecule has 4 rings (SSSR count). The topological polar surface area (TPSA) is 75.7 Å². The molecular weight excluding hydrogens is 376 g/mol. The smallest absolute Gasteiger partial charge is 0.243 e. The van der Waals surface area contributed by atoms with Crippen molar-refractivity contribution >= 4 is 15.9 Å². The molecule has 0 spiro atoms. The second-order valence-corrected chi connectivity index (χ2v) is 9.38. The van der Waals surface area contributed by atoms with Crippen molar-refractivity contribution in [1.29, 1.82) is 0 Å². The van der Waals surface area contributed by atoms with Crippen molar-refractivity contribution in [2.45, 2.75) is 35.6 Å². The molecule has 1 saturated carbocycles. The zero-order valence-corrected chi connectivity index (χ0v) is 16.6. The summed E-state index contributed by atoms with van der Waals surface area (Å²) in [5, 5.41) is 3.09. The molecule has 7 heteroatoms. The van der Waals surface area contributed by atoms with Crippen molar-refractivity contribution in [2.24, 2.45) is 0 Å². The van der Waals surface area contributed by atoms with Crippen LogP contribution in [0.5, 0.6) is 5.75 Å². The molecule has 1 aliphatic heterocycles. The van der Waals surface area contributed by atoms with Gasteiger partial charge in [0.25, 0.3) is 0 Å². The Bertz CT molecular complexity index is 954. The number of rotatable bonds is 6. The van der Waals surface area contributed by atoms with Gasteiger partial charge in [-0.3, -0.25) is 4.79 Å². The summed E-state index contributed by atoms with van der Waals surface area (Å²) < 4.78 is 32.2. The van der Waals surface area contributed by atoms with Crippen LogP contribution in [-0.2, 0) is 20.2 Å². The van der Waals surface area contributed by atoms with Crippen LogP contribution < -0.4 is 10.1 Å². The van der Waals surface area contributed by atoms with E-state index in [2.05, 4.69) is 5.32 Å². The molecule has 2 aliphatic rings. The minimum Gasteiger partial charge on any atom is -0.497 e. The van der Waals surface area contributed by atoms with Crippen LogP contribution in [-0.4, -0.2) is 44.9 Å². The van der Waals surface area contributed by atoms with Crippen LogP contribution in [0.1, 0.15) is 24.8 Å². The highest BCUT2D eigenvalue weighted by atomic mass is 32.2. The van der Waals surface area contributed by atoms with Crippen molar-refractivity contribution in [3.63, 3.8) is 0 Å². The third kappa shape index (κ3) is 3.40. The Morgan fingerprint density at radius 3 is 2.39 bits per heavy atom. The summed E-state index contributed by atoms with van der Waals surface area (Å²) in [6, 6.07) is 15.9. The average molecular weight is 401 g/mol. The van der Waals surface area contributed by atoms with Gasteiger partial charge in [-0.15, -0.1) is 0 Å². The number of carbonyl (C=O) groups excluding carboxylic acids is 1. The average Bonchev–Trinajstić information content (AvgIpc) is 3.41. The zero-order chi connectivity index (χ0) is 19.8. The maximum absolute atomic E-state index is 13.0. The van der Waals surface area contributed by atoms with Crippen LogP contribution in [0.25, 0.3) is 0 Å². The van der Waals surface area contributed by atoms with Crippen molar-refractivity contribution in [2.75, 3.05) is 20.2 Å². The number of ether oxygens (including phenoxy) is 1. The first-order valence-electron chi connectivity index (χ1n) is 9.46. The van der Waals surface area contributed by atoms with E-state index in [1.54, 1.807) is 37.4 Å². The van der Waals surface area contributed by atoms with Gasteiger partial charge in [-0.25, -0.2) is 8.42 Å². The van der Waals surface area contributed by atoms with Crippen LogP contribution >= 0.6 is 0 Å². The molecule has 0 unspecified atom stereocenters. The van der Waals surface area contributed by atoms with Gasteiger partial charge in [0.2, 0.25) is 15.9 Å². The Morgan fingerprint density at radius 1 is 1.11 bits per heavy atom. The monoisotopic (exact) mass is 400 g/mol. The van der Waals surface area contributed by atoms with Crippen LogP contribution in [0, 0.1) is 0 Å². The number of methoxy groups -OCH3 is 1. The van der Waals surface area contributed by atoms with Gasteiger partial charge >= 0.3 is 0 Å². The second-order valence-electron chi connectivity index (χ2n) is 7.45. The molecule has 0 aromatic heterocycles. The number of sulfonamides is 1. The molecular formula is C21H24N2O4S. The lowest BCUT2D eigenvalue weighted by Crippen LogP contribution is -2.43. The van der Waals surface area contributed by atoms with Gasteiger partial charge in [0.05, 0.1) is 17.4 Å². The van der Waals surface area contributed by atoms with Crippen molar-refractivity contribution in [1.82, 2.24) is 9.62 Å². The number of nitrogens with one attached hydrogen (secondary N) is 1. The SMILES string of the molecule is COc1ccc(C2(C(=O)N[C@@H]3CCN(S(=O)(=O)c4ccccc4)C3)CC2)cc1. The quantitative estimate of drug-likeness (QED) is 0.807. The molecule has 1 saturated heterocycles. The van der Waals surface area contributed by atoms with Crippen LogP contribution in [0.15, 0.2) is 59.5 Å². The summed E-state index contributed by atoms with van der Waals surface area (Å²) in [5.74, 6) is 0.749. The molecule has 2 fully saturated rings. The van der Waals surface area contributed by atoms with Gasteiger partial charge in [0.1, 0.15) is 5.75 Å². The first kappa shape index (κ1) is 19.0. The van der Waals surface area contributed by atoms with Crippen LogP contribution in [0.3, 0.4) is 0 Å². The number of nitrogens with zero attached hydrogens (tertiary/aromatic N) is 1. The number of amides is 1. The summed E-state index contributed by atoms with van der Waals surface area (Å²) in [7, 11) is -1.90. The molecule has 2 aromatic carbocycles. The largest absolute Gasteiger partial charge is 0.497 e. The molecule has 0 bridgehead atoms.